The molecule has 0 unspecified atom stereocenters. The lowest BCUT2D eigenvalue weighted by molar-refractivity contribution is -0.159. The molecule has 0 aromatic heterocycles. The van der Waals surface area contributed by atoms with E-state index in [4.69, 9.17) is 56.8 Å². The molecule has 0 spiro atoms. The summed E-state index contributed by atoms with van der Waals surface area (Å²) < 4.78 is 70.8. The van der Waals surface area contributed by atoms with Crippen LogP contribution in [0.25, 0.3) is 129 Å². The minimum absolute atomic E-state index is 0.0422. The molecule has 2 amide bonds. The molecule has 22 nitrogen and oxygen atoms in total. The van der Waals surface area contributed by atoms with Crippen molar-refractivity contribution in [3.63, 3.8) is 0 Å². The van der Waals surface area contributed by atoms with Crippen molar-refractivity contribution in [3.8, 4) is 0 Å². The molecule has 0 radical (unpaired) electrons. The number of amides is 2. The first kappa shape index (κ1) is 91.7. The molecule has 22 heteroatoms. The molecule has 0 saturated carbocycles. The van der Waals surface area contributed by atoms with Gasteiger partial charge in [0.15, 0.2) is 0 Å². The number of ether oxygens (including phenoxy) is 12. The van der Waals surface area contributed by atoms with Crippen LogP contribution in [0.2, 0.25) is 0 Å². The third kappa shape index (κ3) is 21.8. The summed E-state index contributed by atoms with van der Waals surface area (Å²) in [5, 5.41) is 35.7. The van der Waals surface area contributed by atoms with Gasteiger partial charge in [-0.1, -0.05) is 97.1 Å². The Labute approximate surface area is 725 Å². The van der Waals surface area contributed by atoms with E-state index in [9.17, 15) is 38.4 Å². The summed E-state index contributed by atoms with van der Waals surface area (Å²) in [5.74, 6) is -3.33. The fourth-order valence-corrected chi connectivity index (χ4v) is 17.7. The summed E-state index contributed by atoms with van der Waals surface area (Å²) in [6.07, 6.45) is 3.31. The predicted octanol–water partition coefficient (Wildman–Crippen LogP) is 19.8. The van der Waals surface area contributed by atoms with E-state index in [0.717, 1.165) is 43.4 Å². The summed E-state index contributed by atoms with van der Waals surface area (Å²) in [7, 11) is 0. The van der Waals surface area contributed by atoms with E-state index in [-0.39, 0.29) is 142 Å². The number of nitrogens with one attached hydrogen (secondary N) is 2. The highest BCUT2D eigenvalue weighted by atomic mass is 16.6. The maximum Gasteiger partial charge on any atom is 0.308 e. The van der Waals surface area contributed by atoms with Crippen LogP contribution in [0.3, 0.4) is 0 Å². The van der Waals surface area contributed by atoms with Crippen molar-refractivity contribution in [2.24, 2.45) is 0 Å². The second kappa shape index (κ2) is 36.9. The number of hydrogen-bond acceptors (Lipinski definition) is 20. The van der Waals surface area contributed by atoms with E-state index in [2.05, 4.69) is 108 Å². The first-order chi connectivity index (χ1) is 58.4. The van der Waals surface area contributed by atoms with E-state index in [1.54, 1.807) is 125 Å². The fraction of sp³-hybridized carbons (Fsp3) is 0.510. The van der Waals surface area contributed by atoms with Gasteiger partial charge in [-0.3, -0.25) is 38.4 Å². The molecule has 662 valence electrons. The van der Waals surface area contributed by atoms with Gasteiger partial charge >= 0.3 is 35.8 Å². The van der Waals surface area contributed by atoms with E-state index >= 15 is 0 Å². The smallest absolute Gasteiger partial charge is 0.308 e. The Balaban J connectivity index is 0.841. The normalized spacial score (nSPS) is 13.2. The third-order valence-electron chi connectivity index (χ3n) is 21.9. The molecule has 0 atom stereocenters. The average Bonchev–Trinajstić information content (AvgIpc) is 0.643. The minimum Gasteiger partial charge on any atom is -0.460 e. The quantitative estimate of drug-likeness (QED) is 0.0118. The third-order valence-corrected chi connectivity index (χ3v) is 21.9. The summed E-state index contributed by atoms with van der Waals surface area (Å²) in [6, 6.07) is 36.8. The van der Waals surface area contributed by atoms with Crippen LogP contribution in [-0.2, 0) is 108 Å². The number of rotatable bonds is 42. The molecule has 0 aliphatic heterocycles. The Morgan fingerprint density at radius 1 is 0.234 bits per heavy atom. The summed E-state index contributed by atoms with van der Waals surface area (Å²) in [6.45, 7) is 31.0. The van der Waals surface area contributed by atoms with Crippen molar-refractivity contribution in [1.29, 1.82) is 0 Å². The number of benzene rings is 13. The Morgan fingerprint density at radius 3 is 0.605 bits per heavy atom. The molecule has 13 rings (SSSR count). The standard InChI is InChI=1S/C102H124N2O20/c1-95(2,3)119-77(107)39-45-113-55-101(56-114-46-40-78(108)120-96(4,5)6,57-115-47-41-79(109)121-97(7,8)9)103-75(105)37-21-19-27-61-51-71-69-35-25-33-67-65-31-23-29-63-64-30-24-32-66-68-34-26-36-70-72-52-62(54-74-73(53-61)87(71)93-91(85(67)69)89(83(63)65)90(84(64)66)92(86(68)70)94(93)88(72)74)28-20-22-38-76(106)104-102(58-116-48-42-80(110)122-98(10,11)12,59-117-49-43-81(111)123-99(13,14)15)60-118-50-44-82(112)124-100(16,17)18/h23-26,29-36,51-54H,19-22,27-28,37-50,55-60H2,1-18H3,(H,103,105)(H,104,106). The monoisotopic (exact) mass is 1700 g/mol. The summed E-state index contributed by atoms with van der Waals surface area (Å²) in [4.78, 5) is 107. The Morgan fingerprint density at radius 2 is 0.411 bits per heavy atom. The Bertz CT molecular complexity index is 5460. The van der Waals surface area contributed by atoms with Crippen LogP contribution in [0.1, 0.15) is 213 Å². The zero-order valence-corrected chi connectivity index (χ0v) is 75.8. The Hall–Kier alpha value is -9.94. The van der Waals surface area contributed by atoms with Crippen LogP contribution in [0.15, 0.2) is 97.1 Å². The van der Waals surface area contributed by atoms with Crippen LogP contribution in [0, 0.1) is 0 Å². The van der Waals surface area contributed by atoms with Gasteiger partial charge < -0.3 is 67.5 Å². The lowest BCUT2D eigenvalue weighted by Gasteiger charge is -2.34. The number of unbranched alkanes of at least 4 members (excludes halogenated alkanes) is 2. The highest BCUT2D eigenvalue weighted by Gasteiger charge is 2.39. The number of hydrogen-bond donors (Lipinski definition) is 2. The highest BCUT2D eigenvalue weighted by Crippen LogP contribution is 2.60. The number of esters is 6. The first-order valence-electron chi connectivity index (χ1n) is 44.0. The zero-order chi connectivity index (χ0) is 89.2. The van der Waals surface area contributed by atoms with Crippen LogP contribution >= 0.6 is 0 Å². The molecule has 0 fully saturated rings. The topological polar surface area (TPSA) is 271 Å². The van der Waals surface area contributed by atoms with Gasteiger partial charge in [-0.25, -0.2) is 0 Å². The molecule has 0 heterocycles. The van der Waals surface area contributed by atoms with Crippen molar-refractivity contribution in [2.75, 3.05) is 79.3 Å². The number of carbonyl (C=O) groups excluding carboxylic acids is 8. The van der Waals surface area contributed by atoms with E-state index < -0.39 is 80.5 Å². The summed E-state index contributed by atoms with van der Waals surface area (Å²) >= 11 is 0. The van der Waals surface area contributed by atoms with Gasteiger partial charge in [-0.05, 0) is 304 Å². The molecule has 0 saturated heterocycles. The lowest BCUT2D eigenvalue weighted by atomic mass is 9.73. The second-order valence-corrected chi connectivity index (χ2v) is 39.7. The van der Waals surface area contributed by atoms with Gasteiger partial charge in [0, 0.05) is 12.8 Å². The highest BCUT2D eigenvalue weighted by molar-refractivity contribution is 6.61. The number of carbonyl (C=O) groups is 8. The van der Waals surface area contributed by atoms with Crippen LogP contribution in [0.4, 0.5) is 0 Å². The lowest BCUT2D eigenvalue weighted by Crippen LogP contribution is -2.58. The van der Waals surface area contributed by atoms with Crippen LogP contribution in [-0.4, -0.2) is 172 Å². The van der Waals surface area contributed by atoms with Gasteiger partial charge in [0.05, 0.1) is 118 Å². The van der Waals surface area contributed by atoms with Crippen LogP contribution in [0.5, 0.6) is 0 Å². The number of aryl methyl sites for hydroxylation is 2. The molecule has 0 aliphatic carbocycles. The van der Waals surface area contributed by atoms with Crippen molar-refractivity contribution in [1.82, 2.24) is 10.6 Å². The van der Waals surface area contributed by atoms with Gasteiger partial charge in [0.25, 0.3) is 0 Å². The minimum atomic E-state index is -1.35. The molecular weight excluding hydrogens is 1570 g/mol. The van der Waals surface area contributed by atoms with Crippen molar-refractivity contribution in [2.45, 2.75) is 259 Å². The van der Waals surface area contributed by atoms with Gasteiger partial charge in [0.1, 0.15) is 44.7 Å². The van der Waals surface area contributed by atoms with Gasteiger partial charge in [-0.2, -0.15) is 0 Å². The zero-order valence-electron chi connectivity index (χ0n) is 75.8. The largest absolute Gasteiger partial charge is 0.460 e. The van der Waals surface area contributed by atoms with Crippen molar-refractivity contribution < 1.29 is 95.2 Å². The second-order valence-electron chi connectivity index (χ2n) is 39.7. The molecule has 124 heavy (non-hydrogen) atoms. The van der Waals surface area contributed by atoms with Crippen LogP contribution < -0.4 is 10.6 Å². The molecular formula is C102H124N2O20. The predicted molar refractivity (Wildman–Crippen MR) is 488 cm³/mol. The molecule has 13 aromatic rings. The van der Waals surface area contributed by atoms with Crippen molar-refractivity contribution in [3.05, 3.63) is 108 Å². The fourth-order valence-electron chi connectivity index (χ4n) is 17.7. The van der Waals surface area contributed by atoms with Gasteiger partial charge in [-0.15, -0.1) is 0 Å². The SMILES string of the molecule is CC(C)(C)OC(=O)CCOCC(COCCC(=O)OC(C)(C)C)(COCCC(=O)OC(C)(C)C)NC(=O)CCCCc1cc2c3cccc4c5cccc6c7cccc8c9cccc%10c%11cc(CCCCC(=O)NC(COCCC(=O)OC(C)(C)C)(COCCC(=O)OC(C)(C)C)COCCC(=O)OC(C)(C)C)cc%12c(c1)c2c1c(c43)c(c65)c(c78)c(c9%10)c1c%11%12. The molecule has 0 aliphatic rings. The van der Waals surface area contributed by atoms with E-state index in [1.807, 2.05) is 0 Å². The molecule has 13 aromatic carbocycles. The average molecular weight is 1700 g/mol. The maximum absolute atomic E-state index is 14.8. The Kier molecular flexibility index (Phi) is 27.3. The molecule has 0 bridgehead atoms. The van der Waals surface area contributed by atoms with Crippen molar-refractivity contribution >= 4 is 177 Å². The first-order valence-corrected chi connectivity index (χ1v) is 44.0. The number of fused-ring (bicyclic) bond motifs is 6. The maximum atomic E-state index is 14.8. The molecule has 2 N–H and O–H groups in total. The summed E-state index contributed by atoms with van der Waals surface area (Å²) in [5.41, 5.74) is -4.80. The van der Waals surface area contributed by atoms with E-state index in [0.29, 0.717) is 38.5 Å². The van der Waals surface area contributed by atoms with Gasteiger partial charge in [0.2, 0.25) is 11.8 Å². The van der Waals surface area contributed by atoms with E-state index in [1.165, 1.54) is 97.0 Å².